The molecule has 1 saturated heterocycles. The summed E-state index contributed by atoms with van der Waals surface area (Å²) in [5, 5.41) is 12.4. The van der Waals surface area contributed by atoms with E-state index in [0.29, 0.717) is 6.42 Å². The number of rotatable bonds is 4. The van der Waals surface area contributed by atoms with E-state index in [0.717, 1.165) is 25.1 Å². The van der Waals surface area contributed by atoms with Gasteiger partial charge in [0.1, 0.15) is 0 Å². The zero-order valence-corrected chi connectivity index (χ0v) is 10.1. The summed E-state index contributed by atoms with van der Waals surface area (Å²) in [5.74, 6) is 0.161. The summed E-state index contributed by atoms with van der Waals surface area (Å²) in [6.45, 7) is 0.983. The van der Waals surface area contributed by atoms with Crippen LogP contribution in [0.4, 0.5) is 5.69 Å². The van der Waals surface area contributed by atoms with E-state index in [1.807, 2.05) is 17.1 Å². The number of aliphatic hydroxyl groups excluding tert-OH is 1. The van der Waals surface area contributed by atoms with Crippen LogP contribution in [-0.2, 0) is 11.2 Å². The molecule has 0 radical (unpaired) electrons. The van der Waals surface area contributed by atoms with Crippen molar-refractivity contribution in [3.63, 3.8) is 0 Å². The molecule has 4 nitrogen and oxygen atoms in total. The number of carbonyl (C=O) groups excluding carboxylic acids is 1. The average molecular weight is 234 g/mol. The molecule has 0 unspecified atom stereocenters. The fourth-order valence-electron chi connectivity index (χ4n) is 2.07. The lowest BCUT2D eigenvalue weighted by molar-refractivity contribution is -0.126. The molecule has 17 heavy (non-hydrogen) atoms. The SMILES string of the molecule is CN1C(=O)CCN1c1ccc(CCCO)cc1. The Morgan fingerprint density at radius 3 is 2.53 bits per heavy atom. The van der Waals surface area contributed by atoms with Crippen molar-refractivity contribution in [2.45, 2.75) is 19.3 Å². The first-order valence-electron chi connectivity index (χ1n) is 5.96. The summed E-state index contributed by atoms with van der Waals surface area (Å²) in [7, 11) is 1.80. The van der Waals surface area contributed by atoms with Gasteiger partial charge in [0, 0.05) is 26.6 Å². The third-order valence-corrected chi connectivity index (χ3v) is 3.12. The van der Waals surface area contributed by atoms with Gasteiger partial charge in [-0.15, -0.1) is 0 Å². The Hall–Kier alpha value is -1.55. The van der Waals surface area contributed by atoms with E-state index in [-0.39, 0.29) is 12.5 Å². The van der Waals surface area contributed by atoms with Crippen LogP contribution in [0.5, 0.6) is 0 Å². The molecule has 1 aromatic rings. The van der Waals surface area contributed by atoms with E-state index >= 15 is 0 Å². The Labute approximate surface area is 101 Å². The van der Waals surface area contributed by atoms with Gasteiger partial charge in [0.05, 0.1) is 5.69 Å². The van der Waals surface area contributed by atoms with E-state index < -0.39 is 0 Å². The van der Waals surface area contributed by atoms with Crippen molar-refractivity contribution in [2.24, 2.45) is 0 Å². The lowest BCUT2D eigenvalue weighted by atomic mass is 10.1. The van der Waals surface area contributed by atoms with Crippen LogP contribution in [0.3, 0.4) is 0 Å². The van der Waals surface area contributed by atoms with Crippen LogP contribution in [0.15, 0.2) is 24.3 Å². The second-order valence-corrected chi connectivity index (χ2v) is 4.28. The quantitative estimate of drug-likeness (QED) is 0.851. The van der Waals surface area contributed by atoms with Gasteiger partial charge in [-0.3, -0.25) is 14.8 Å². The van der Waals surface area contributed by atoms with Gasteiger partial charge >= 0.3 is 0 Å². The zero-order valence-electron chi connectivity index (χ0n) is 10.1. The zero-order chi connectivity index (χ0) is 12.3. The normalized spacial score (nSPS) is 15.8. The molecule has 0 atom stereocenters. The second kappa shape index (κ2) is 5.19. The Morgan fingerprint density at radius 2 is 2.00 bits per heavy atom. The summed E-state index contributed by atoms with van der Waals surface area (Å²) in [6, 6.07) is 8.17. The van der Waals surface area contributed by atoms with Crippen molar-refractivity contribution in [1.29, 1.82) is 0 Å². The van der Waals surface area contributed by atoms with Crippen molar-refractivity contribution < 1.29 is 9.90 Å². The molecule has 0 saturated carbocycles. The number of benzene rings is 1. The summed E-state index contributed by atoms with van der Waals surface area (Å²) in [4.78, 5) is 11.4. The van der Waals surface area contributed by atoms with Crippen LogP contribution in [0.1, 0.15) is 18.4 Å². The van der Waals surface area contributed by atoms with Gasteiger partial charge in [-0.05, 0) is 30.5 Å². The van der Waals surface area contributed by atoms with Gasteiger partial charge in [-0.1, -0.05) is 12.1 Å². The van der Waals surface area contributed by atoms with Crippen molar-refractivity contribution in [3.05, 3.63) is 29.8 Å². The highest BCUT2D eigenvalue weighted by Gasteiger charge is 2.25. The minimum Gasteiger partial charge on any atom is -0.396 e. The fraction of sp³-hybridized carbons (Fsp3) is 0.462. The van der Waals surface area contributed by atoms with E-state index in [4.69, 9.17) is 5.11 Å². The third-order valence-electron chi connectivity index (χ3n) is 3.12. The second-order valence-electron chi connectivity index (χ2n) is 4.28. The lowest BCUT2D eigenvalue weighted by Gasteiger charge is -2.26. The number of amides is 1. The first-order chi connectivity index (χ1) is 8.22. The minimum atomic E-state index is 0.161. The first-order valence-corrected chi connectivity index (χ1v) is 5.96. The Kier molecular flexibility index (Phi) is 3.64. The van der Waals surface area contributed by atoms with Gasteiger partial charge in [0.2, 0.25) is 5.91 Å². The molecule has 2 rings (SSSR count). The summed E-state index contributed by atoms with van der Waals surface area (Å²) in [6.07, 6.45) is 2.27. The van der Waals surface area contributed by atoms with E-state index in [1.54, 1.807) is 12.1 Å². The molecule has 92 valence electrons. The van der Waals surface area contributed by atoms with Gasteiger partial charge in [0.25, 0.3) is 0 Å². The van der Waals surface area contributed by atoms with Crippen LogP contribution in [0.2, 0.25) is 0 Å². The Balaban J connectivity index is 2.05. The maximum absolute atomic E-state index is 11.4. The Bertz CT molecular complexity index is 389. The van der Waals surface area contributed by atoms with Crippen LogP contribution < -0.4 is 5.01 Å². The molecular weight excluding hydrogens is 216 g/mol. The highest BCUT2D eigenvalue weighted by atomic mass is 16.2. The van der Waals surface area contributed by atoms with Gasteiger partial charge in [-0.25, -0.2) is 0 Å². The maximum Gasteiger partial charge on any atom is 0.242 e. The van der Waals surface area contributed by atoms with Crippen molar-refractivity contribution in [3.8, 4) is 0 Å². The van der Waals surface area contributed by atoms with Gasteiger partial charge < -0.3 is 5.11 Å². The Morgan fingerprint density at radius 1 is 1.29 bits per heavy atom. The molecule has 1 N–H and O–H groups in total. The van der Waals surface area contributed by atoms with E-state index in [9.17, 15) is 4.79 Å². The first kappa shape index (κ1) is 11.9. The van der Waals surface area contributed by atoms with Crippen LogP contribution in [0, 0.1) is 0 Å². The molecule has 0 spiro atoms. The van der Waals surface area contributed by atoms with Crippen LogP contribution >= 0.6 is 0 Å². The molecule has 1 aliphatic rings. The molecule has 1 fully saturated rings. The molecule has 1 amide bonds. The summed E-state index contributed by atoms with van der Waals surface area (Å²) < 4.78 is 0. The van der Waals surface area contributed by atoms with Crippen LogP contribution in [-0.4, -0.2) is 36.2 Å². The lowest BCUT2D eigenvalue weighted by Crippen LogP contribution is -2.35. The number of anilines is 1. The number of carbonyl (C=O) groups is 1. The summed E-state index contributed by atoms with van der Waals surface area (Å²) in [5.41, 5.74) is 2.27. The van der Waals surface area contributed by atoms with E-state index in [2.05, 4.69) is 12.1 Å². The molecule has 0 bridgehead atoms. The maximum atomic E-state index is 11.4. The number of aliphatic hydroxyl groups is 1. The number of hydrogen-bond acceptors (Lipinski definition) is 3. The molecule has 4 heteroatoms. The number of aryl methyl sites for hydroxylation is 1. The highest BCUT2D eigenvalue weighted by molar-refractivity contribution is 5.81. The van der Waals surface area contributed by atoms with Gasteiger partial charge in [0.15, 0.2) is 0 Å². The average Bonchev–Trinajstić information content (AvgIpc) is 2.68. The number of hydrogen-bond donors (Lipinski definition) is 1. The molecular formula is C13H18N2O2. The number of hydrazine groups is 1. The number of nitrogens with zero attached hydrogens (tertiary/aromatic N) is 2. The molecule has 1 aliphatic heterocycles. The van der Waals surface area contributed by atoms with Gasteiger partial charge in [-0.2, -0.15) is 0 Å². The fourth-order valence-corrected chi connectivity index (χ4v) is 2.07. The molecule has 0 aromatic heterocycles. The predicted molar refractivity (Wildman–Crippen MR) is 66.6 cm³/mol. The largest absolute Gasteiger partial charge is 0.396 e. The predicted octanol–water partition coefficient (Wildman–Crippen LogP) is 1.20. The van der Waals surface area contributed by atoms with Crippen molar-refractivity contribution in [2.75, 3.05) is 25.2 Å². The highest BCUT2D eigenvalue weighted by Crippen LogP contribution is 2.21. The molecule has 1 heterocycles. The van der Waals surface area contributed by atoms with E-state index in [1.165, 1.54) is 5.56 Å². The third kappa shape index (κ3) is 2.58. The summed E-state index contributed by atoms with van der Waals surface area (Å²) >= 11 is 0. The molecule has 1 aromatic carbocycles. The van der Waals surface area contributed by atoms with Crippen LogP contribution in [0.25, 0.3) is 0 Å². The smallest absolute Gasteiger partial charge is 0.242 e. The standard InChI is InChI=1S/C13H18N2O2/c1-14-13(17)8-9-15(14)12-6-4-11(5-7-12)3-2-10-16/h4-7,16H,2-3,8-10H2,1H3. The monoisotopic (exact) mass is 234 g/mol. The topological polar surface area (TPSA) is 43.8 Å². The molecule has 0 aliphatic carbocycles. The minimum absolute atomic E-state index is 0.161. The van der Waals surface area contributed by atoms with Crippen molar-refractivity contribution in [1.82, 2.24) is 5.01 Å². The van der Waals surface area contributed by atoms with Crippen molar-refractivity contribution >= 4 is 11.6 Å².